The average molecular weight is 286 g/mol. The minimum atomic E-state index is -0.285. The fourth-order valence-electron chi connectivity index (χ4n) is 1.52. The van der Waals surface area contributed by atoms with Crippen LogP contribution in [-0.4, -0.2) is 49.8 Å². The van der Waals surface area contributed by atoms with Crippen molar-refractivity contribution in [3.8, 4) is 0 Å². The number of benzene rings is 1. The lowest BCUT2D eigenvalue weighted by Gasteiger charge is -2.25. The molecule has 1 rings (SSSR count). The zero-order valence-corrected chi connectivity index (χ0v) is 12.4. The van der Waals surface area contributed by atoms with Crippen molar-refractivity contribution in [2.45, 2.75) is 13.0 Å². The van der Waals surface area contributed by atoms with Crippen LogP contribution in [0.25, 0.3) is 0 Å². The monoisotopic (exact) mass is 285 g/mol. The van der Waals surface area contributed by atoms with Gasteiger partial charge in [-0.3, -0.25) is 0 Å². The number of amides is 2. The van der Waals surface area contributed by atoms with Gasteiger partial charge in [0.2, 0.25) is 0 Å². The molecule has 0 spiro atoms. The van der Waals surface area contributed by atoms with E-state index in [0.29, 0.717) is 10.7 Å². The average Bonchev–Trinajstić information content (AvgIpc) is 2.36. The number of nitrogens with one attached hydrogen (secondary N) is 1. The number of nitrogens with zero attached hydrogens (tertiary/aromatic N) is 2. The Morgan fingerprint density at radius 1 is 1.42 bits per heavy atom. The third kappa shape index (κ3) is 4.01. The number of anilines is 2. The summed E-state index contributed by atoms with van der Waals surface area (Å²) in [6, 6.07) is 4.78. The van der Waals surface area contributed by atoms with Gasteiger partial charge in [-0.1, -0.05) is 11.6 Å². The van der Waals surface area contributed by atoms with Crippen LogP contribution in [0.3, 0.4) is 0 Å². The van der Waals surface area contributed by atoms with Crippen LogP contribution in [0, 0.1) is 0 Å². The first kappa shape index (κ1) is 15.6. The van der Waals surface area contributed by atoms with Crippen molar-refractivity contribution >= 4 is 29.0 Å². The lowest BCUT2D eigenvalue weighted by molar-refractivity contribution is 0.166. The Morgan fingerprint density at radius 3 is 2.58 bits per heavy atom. The third-order valence-corrected chi connectivity index (χ3v) is 3.16. The van der Waals surface area contributed by atoms with Crippen LogP contribution in [0.2, 0.25) is 5.02 Å². The van der Waals surface area contributed by atoms with E-state index in [0.717, 1.165) is 5.69 Å². The Bertz CT molecular complexity index is 452. The molecule has 1 unspecified atom stereocenters. The minimum absolute atomic E-state index is 0.0833. The number of carbonyl (C=O) groups is 1. The first-order valence-corrected chi connectivity index (χ1v) is 6.36. The molecule has 0 radical (unpaired) electrons. The van der Waals surface area contributed by atoms with Gasteiger partial charge in [-0.25, -0.2) is 4.79 Å². The maximum atomic E-state index is 12.0. The number of carbonyl (C=O) groups excluding carboxylic acids is 1. The van der Waals surface area contributed by atoms with E-state index in [1.54, 1.807) is 26.1 Å². The van der Waals surface area contributed by atoms with Gasteiger partial charge in [0.05, 0.1) is 24.0 Å². The maximum absolute atomic E-state index is 12.0. The van der Waals surface area contributed by atoms with Crippen LogP contribution in [0.1, 0.15) is 6.92 Å². The fraction of sp³-hybridized carbons (Fsp3) is 0.462. The highest BCUT2D eigenvalue weighted by atomic mass is 35.5. The van der Waals surface area contributed by atoms with E-state index in [1.807, 2.05) is 25.1 Å². The molecule has 1 aromatic rings. The molecule has 0 fully saturated rings. The highest BCUT2D eigenvalue weighted by molar-refractivity contribution is 6.31. The molecule has 0 bridgehead atoms. The lowest BCUT2D eigenvalue weighted by atomic mass is 10.2. The van der Waals surface area contributed by atoms with Crippen LogP contribution < -0.4 is 10.2 Å². The van der Waals surface area contributed by atoms with Crippen LogP contribution in [0.4, 0.5) is 16.2 Å². The van der Waals surface area contributed by atoms with E-state index in [1.165, 1.54) is 4.90 Å². The van der Waals surface area contributed by atoms with Crippen molar-refractivity contribution in [2.24, 2.45) is 0 Å². The molecule has 1 aromatic carbocycles. The predicted octanol–water partition coefficient (Wildman–Crippen LogP) is 2.25. The molecule has 2 N–H and O–H groups in total. The van der Waals surface area contributed by atoms with E-state index >= 15 is 0 Å². The van der Waals surface area contributed by atoms with Gasteiger partial charge >= 0.3 is 6.03 Å². The van der Waals surface area contributed by atoms with Crippen molar-refractivity contribution in [1.82, 2.24) is 4.90 Å². The Balaban J connectivity index is 2.92. The molecule has 0 aliphatic carbocycles. The quantitative estimate of drug-likeness (QED) is 0.892. The summed E-state index contributed by atoms with van der Waals surface area (Å²) in [6.45, 7) is 1.68. The molecule has 6 heteroatoms. The van der Waals surface area contributed by atoms with Gasteiger partial charge in [0.25, 0.3) is 0 Å². The topological polar surface area (TPSA) is 55.8 Å². The van der Waals surface area contributed by atoms with E-state index in [-0.39, 0.29) is 18.7 Å². The molecule has 0 saturated heterocycles. The van der Waals surface area contributed by atoms with Crippen LogP contribution >= 0.6 is 11.6 Å². The van der Waals surface area contributed by atoms with Crippen molar-refractivity contribution in [3.05, 3.63) is 23.2 Å². The Morgan fingerprint density at radius 2 is 2.05 bits per heavy atom. The third-order valence-electron chi connectivity index (χ3n) is 2.93. The zero-order valence-electron chi connectivity index (χ0n) is 11.6. The van der Waals surface area contributed by atoms with Crippen molar-refractivity contribution in [3.63, 3.8) is 0 Å². The molecule has 0 saturated carbocycles. The van der Waals surface area contributed by atoms with Crippen LogP contribution in [0.15, 0.2) is 18.2 Å². The van der Waals surface area contributed by atoms with E-state index in [4.69, 9.17) is 16.7 Å². The highest BCUT2D eigenvalue weighted by Crippen LogP contribution is 2.28. The van der Waals surface area contributed by atoms with E-state index < -0.39 is 0 Å². The summed E-state index contributed by atoms with van der Waals surface area (Å²) in [6.07, 6.45) is 0. The standard InChI is InChI=1S/C13H20ClN3O2/c1-9(8-18)17(4)13(19)15-11-7-10(14)5-6-12(11)16(2)3/h5-7,9,18H,8H2,1-4H3,(H,15,19). The molecule has 0 aliphatic heterocycles. The van der Waals surface area contributed by atoms with E-state index in [2.05, 4.69) is 5.32 Å². The molecule has 2 amide bonds. The number of rotatable bonds is 4. The predicted molar refractivity (Wildman–Crippen MR) is 79.1 cm³/mol. The molecule has 0 heterocycles. The van der Waals surface area contributed by atoms with Crippen LogP contribution in [0.5, 0.6) is 0 Å². The van der Waals surface area contributed by atoms with Gasteiger partial charge in [-0.2, -0.15) is 0 Å². The molecule has 106 valence electrons. The van der Waals surface area contributed by atoms with Crippen molar-refractivity contribution < 1.29 is 9.90 Å². The number of urea groups is 1. The summed E-state index contributed by atoms with van der Waals surface area (Å²) >= 11 is 5.95. The Labute approximate surface area is 118 Å². The highest BCUT2D eigenvalue weighted by Gasteiger charge is 2.16. The lowest BCUT2D eigenvalue weighted by Crippen LogP contribution is -2.40. The number of aliphatic hydroxyl groups excluding tert-OH is 1. The molecule has 19 heavy (non-hydrogen) atoms. The van der Waals surface area contributed by atoms with Crippen molar-refractivity contribution in [1.29, 1.82) is 0 Å². The van der Waals surface area contributed by atoms with Crippen molar-refractivity contribution in [2.75, 3.05) is 38.0 Å². The zero-order chi connectivity index (χ0) is 14.6. The largest absolute Gasteiger partial charge is 0.394 e. The molecule has 5 nitrogen and oxygen atoms in total. The maximum Gasteiger partial charge on any atom is 0.321 e. The molecule has 1 atom stereocenters. The molecule has 0 aliphatic rings. The van der Waals surface area contributed by atoms with Gasteiger partial charge in [-0.15, -0.1) is 0 Å². The van der Waals surface area contributed by atoms with Gasteiger partial charge in [-0.05, 0) is 25.1 Å². The summed E-state index contributed by atoms with van der Waals surface area (Å²) in [5.74, 6) is 0. The fourth-order valence-corrected chi connectivity index (χ4v) is 1.70. The second-order valence-electron chi connectivity index (χ2n) is 4.63. The molecule has 0 aromatic heterocycles. The first-order chi connectivity index (χ1) is 8.86. The normalized spacial score (nSPS) is 11.9. The smallest absolute Gasteiger partial charge is 0.321 e. The summed E-state index contributed by atoms with van der Waals surface area (Å²) in [7, 11) is 5.41. The van der Waals surface area contributed by atoms with Gasteiger partial charge in [0.15, 0.2) is 0 Å². The minimum Gasteiger partial charge on any atom is -0.394 e. The Hall–Kier alpha value is -1.46. The number of aliphatic hydroxyl groups is 1. The first-order valence-electron chi connectivity index (χ1n) is 5.98. The summed E-state index contributed by atoms with van der Waals surface area (Å²) in [4.78, 5) is 15.4. The SMILES string of the molecule is CC(CO)N(C)C(=O)Nc1cc(Cl)ccc1N(C)C. The Kier molecular flexibility index (Phi) is 5.44. The van der Waals surface area contributed by atoms with Gasteiger partial charge in [0.1, 0.15) is 0 Å². The number of hydrogen-bond acceptors (Lipinski definition) is 3. The molecular weight excluding hydrogens is 266 g/mol. The number of halogens is 1. The van der Waals surface area contributed by atoms with Crippen LogP contribution in [-0.2, 0) is 0 Å². The molecular formula is C13H20ClN3O2. The summed E-state index contributed by atoms with van der Waals surface area (Å²) in [5.41, 5.74) is 1.50. The van der Waals surface area contributed by atoms with E-state index in [9.17, 15) is 4.79 Å². The second-order valence-corrected chi connectivity index (χ2v) is 5.06. The second kappa shape index (κ2) is 6.63. The number of hydrogen-bond donors (Lipinski definition) is 2. The number of likely N-dealkylation sites (N-methyl/N-ethyl adjacent to an activating group) is 1. The van der Waals surface area contributed by atoms with Gasteiger partial charge in [0, 0.05) is 26.2 Å². The van der Waals surface area contributed by atoms with Gasteiger partial charge < -0.3 is 20.2 Å². The summed E-state index contributed by atoms with van der Waals surface area (Å²) in [5, 5.41) is 12.4. The summed E-state index contributed by atoms with van der Waals surface area (Å²) < 4.78 is 0.